The van der Waals surface area contributed by atoms with Gasteiger partial charge < -0.3 is 15.8 Å². The van der Waals surface area contributed by atoms with Gasteiger partial charge in [0.1, 0.15) is 5.60 Å². The van der Waals surface area contributed by atoms with Gasteiger partial charge in [0.15, 0.2) is 0 Å². The fourth-order valence-corrected chi connectivity index (χ4v) is 1.84. The van der Waals surface area contributed by atoms with Gasteiger partial charge in [0, 0.05) is 5.54 Å². The molecule has 0 unspecified atom stereocenters. The minimum atomic E-state index is -0.433. The first-order valence-electron chi connectivity index (χ1n) is 5.58. The highest BCUT2D eigenvalue weighted by Crippen LogP contribution is 2.34. The maximum Gasteiger partial charge on any atom is 0.408 e. The molecule has 0 bridgehead atoms. The second-order valence-corrected chi connectivity index (χ2v) is 5.30. The molecule has 1 aliphatic rings. The number of nitrogens with one attached hydrogen (secondary N) is 1. The van der Waals surface area contributed by atoms with Crippen LogP contribution in [-0.4, -0.2) is 23.8 Å². The summed E-state index contributed by atoms with van der Waals surface area (Å²) in [7, 11) is 0. The van der Waals surface area contributed by atoms with Crippen molar-refractivity contribution in [2.45, 2.75) is 57.6 Å². The SMILES string of the molecule is CC(C)(C)OC(=O)NC1(CCN)CCC1. The van der Waals surface area contributed by atoms with Crippen molar-refractivity contribution in [3.05, 3.63) is 0 Å². The van der Waals surface area contributed by atoms with E-state index in [1.165, 1.54) is 0 Å². The van der Waals surface area contributed by atoms with E-state index in [1.807, 2.05) is 20.8 Å². The Kier molecular flexibility index (Phi) is 3.60. The fraction of sp³-hybridized carbons (Fsp3) is 0.909. The molecular formula is C11H22N2O2. The summed E-state index contributed by atoms with van der Waals surface area (Å²) in [5, 5.41) is 2.95. The standard InChI is InChI=1S/C11H22N2O2/c1-10(2,3)15-9(14)13-11(7-8-12)5-4-6-11/h4-8,12H2,1-3H3,(H,13,14). The van der Waals surface area contributed by atoms with Gasteiger partial charge in [-0.1, -0.05) is 0 Å². The second kappa shape index (κ2) is 4.39. The van der Waals surface area contributed by atoms with E-state index in [9.17, 15) is 4.79 Å². The zero-order chi connectivity index (χ0) is 11.5. The molecule has 0 radical (unpaired) electrons. The molecule has 0 aromatic carbocycles. The molecule has 1 fully saturated rings. The maximum atomic E-state index is 11.6. The van der Waals surface area contributed by atoms with Crippen molar-refractivity contribution in [1.82, 2.24) is 5.32 Å². The van der Waals surface area contributed by atoms with Crippen LogP contribution >= 0.6 is 0 Å². The zero-order valence-electron chi connectivity index (χ0n) is 9.93. The Labute approximate surface area is 91.5 Å². The lowest BCUT2D eigenvalue weighted by molar-refractivity contribution is 0.0374. The molecule has 0 aliphatic heterocycles. The van der Waals surface area contributed by atoms with Gasteiger partial charge in [0.05, 0.1) is 0 Å². The fourth-order valence-electron chi connectivity index (χ4n) is 1.84. The number of hydrogen-bond acceptors (Lipinski definition) is 3. The topological polar surface area (TPSA) is 64.3 Å². The molecule has 4 heteroatoms. The Morgan fingerprint density at radius 2 is 2.07 bits per heavy atom. The van der Waals surface area contributed by atoms with Gasteiger partial charge in [0.25, 0.3) is 0 Å². The molecule has 4 nitrogen and oxygen atoms in total. The number of nitrogens with two attached hydrogens (primary N) is 1. The minimum Gasteiger partial charge on any atom is -0.444 e. The van der Waals surface area contributed by atoms with Gasteiger partial charge in [-0.05, 0) is 53.0 Å². The quantitative estimate of drug-likeness (QED) is 0.752. The van der Waals surface area contributed by atoms with Gasteiger partial charge in [0.2, 0.25) is 0 Å². The highest BCUT2D eigenvalue weighted by Gasteiger charge is 2.38. The van der Waals surface area contributed by atoms with E-state index in [2.05, 4.69) is 5.32 Å². The van der Waals surface area contributed by atoms with Crippen LogP contribution in [0.5, 0.6) is 0 Å². The third-order valence-electron chi connectivity index (χ3n) is 2.70. The second-order valence-electron chi connectivity index (χ2n) is 5.30. The van der Waals surface area contributed by atoms with E-state index in [-0.39, 0.29) is 11.6 Å². The maximum absolute atomic E-state index is 11.6. The highest BCUT2D eigenvalue weighted by molar-refractivity contribution is 5.69. The Hall–Kier alpha value is -0.770. The number of hydrogen-bond donors (Lipinski definition) is 2. The Morgan fingerprint density at radius 1 is 1.47 bits per heavy atom. The molecule has 0 aromatic rings. The molecule has 88 valence electrons. The third kappa shape index (κ3) is 3.70. The number of amides is 1. The van der Waals surface area contributed by atoms with Crippen molar-refractivity contribution in [2.24, 2.45) is 5.73 Å². The van der Waals surface area contributed by atoms with Gasteiger partial charge in [-0.3, -0.25) is 0 Å². The summed E-state index contributed by atoms with van der Waals surface area (Å²) in [4.78, 5) is 11.6. The predicted molar refractivity (Wildman–Crippen MR) is 59.6 cm³/mol. The zero-order valence-corrected chi connectivity index (χ0v) is 9.93. The number of carbonyl (C=O) groups excluding carboxylic acids is 1. The van der Waals surface area contributed by atoms with Crippen LogP contribution in [0, 0.1) is 0 Å². The molecule has 0 spiro atoms. The number of alkyl carbamates (subject to hydrolysis) is 1. The van der Waals surface area contributed by atoms with Gasteiger partial charge in [-0.2, -0.15) is 0 Å². The summed E-state index contributed by atoms with van der Waals surface area (Å²) >= 11 is 0. The molecule has 0 aromatic heterocycles. The molecule has 15 heavy (non-hydrogen) atoms. The summed E-state index contributed by atoms with van der Waals surface area (Å²) in [6.45, 7) is 6.20. The summed E-state index contributed by atoms with van der Waals surface area (Å²) in [5.41, 5.74) is 5.02. The molecule has 0 atom stereocenters. The third-order valence-corrected chi connectivity index (χ3v) is 2.70. The average molecular weight is 214 g/mol. The van der Waals surface area contributed by atoms with Crippen LogP contribution in [0.25, 0.3) is 0 Å². The monoisotopic (exact) mass is 214 g/mol. The van der Waals surface area contributed by atoms with Crippen molar-refractivity contribution in [3.63, 3.8) is 0 Å². The first-order chi connectivity index (χ1) is 6.87. The number of rotatable bonds is 3. The molecule has 1 saturated carbocycles. The van der Waals surface area contributed by atoms with E-state index in [0.717, 1.165) is 25.7 Å². The summed E-state index contributed by atoms with van der Waals surface area (Å²) in [6, 6.07) is 0. The number of ether oxygens (including phenoxy) is 1. The van der Waals surface area contributed by atoms with E-state index in [0.29, 0.717) is 6.54 Å². The van der Waals surface area contributed by atoms with Crippen molar-refractivity contribution in [2.75, 3.05) is 6.54 Å². The summed E-state index contributed by atoms with van der Waals surface area (Å²) in [6.07, 6.45) is 3.71. The van der Waals surface area contributed by atoms with E-state index in [1.54, 1.807) is 0 Å². The molecule has 3 N–H and O–H groups in total. The predicted octanol–water partition coefficient (Wildman–Crippen LogP) is 1.78. The molecular weight excluding hydrogens is 192 g/mol. The van der Waals surface area contributed by atoms with Crippen LogP contribution in [0.1, 0.15) is 46.5 Å². The van der Waals surface area contributed by atoms with E-state index >= 15 is 0 Å². The molecule has 1 rings (SSSR count). The molecule has 0 saturated heterocycles. The van der Waals surface area contributed by atoms with Gasteiger partial charge >= 0.3 is 6.09 Å². The normalized spacial score (nSPS) is 19.2. The lowest BCUT2D eigenvalue weighted by Gasteiger charge is -2.42. The van der Waals surface area contributed by atoms with Crippen LogP contribution in [-0.2, 0) is 4.74 Å². The largest absolute Gasteiger partial charge is 0.444 e. The van der Waals surface area contributed by atoms with E-state index < -0.39 is 5.60 Å². The first kappa shape index (κ1) is 12.3. The van der Waals surface area contributed by atoms with Crippen molar-refractivity contribution < 1.29 is 9.53 Å². The Balaban J connectivity index is 2.42. The van der Waals surface area contributed by atoms with Crippen LogP contribution in [0.4, 0.5) is 4.79 Å². The van der Waals surface area contributed by atoms with Gasteiger partial charge in [-0.15, -0.1) is 0 Å². The first-order valence-corrected chi connectivity index (χ1v) is 5.58. The molecule has 1 aliphatic carbocycles. The van der Waals surface area contributed by atoms with E-state index in [4.69, 9.17) is 10.5 Å². The van der Waals surface area contributed by atoms with Crippen LogP contribution in [0.3, 0.4) is 0 Å². The highest BCUT2D eigenvalue weighted by atomic mass is 16.6. The van der Waals surface area contributed by atoms with Crippen molar-refractivity contribution in [3.8, 4) is 0 Å². The lowest BCUT2D eigenvalue weighted by atomic mass is 9.74. The Morgan fingerprint density at radius 3 is 2.40 bits per heavy atom. The minimum absolute atomic E-state index is 0.0862. The van der Waals surface area contributed by atoms with Crippen LogP contribution in [0.15, 0.2) is 0 Å². The average Bonchev–Trinajstić information content (AvgIpc) is 1.96. The van der Waals surface area contributed by atoms with Crippen LogP contribution < -0.4 is 11.1 Å². The van der Waals surface area contributed by atoms with Crippen molar-refractivity contribution >= 4 is 6.09 Å². The molecule has 0 heterocycles. The Bertz CT molecular complexity index is 229. The smallest absolute Gasteiger partial charge is 0.408 e. The lowest BCUT2D eigenvalue weighted by Crippen LogP contribution is -2.55. The summed E-state index contributed by atoms with van der Waals surface area (Å²) < 4.78 is 5.22. The molecule has 1 amide bonds. The van der Waals surface area contributed by atoms with Crippen molar-refractivity contribution in [1.29, 1.82) is 0 Å². The summed E-state index contributed by atoms with van der Waals surface area (Å²) in [5.74, 6) is 0. The van der Waals surface area contributed by atoms with Gasteiger partial charge in [-0.25, -0.2) is 4.79 Å². The number of carbonyl (C=O) groups is 1. The van der Waals surface area contributed by atoms with Crippen LogP contribution in [0.2, 0.25) is 0 Å².